The molecule has 0 aliphatic carbocycles. The molecule has 0 aliphatic rings. The van der Waals surface area contributed by atoms with E-state index in [1.165, 1.54) is 12.1 Å². The van der Waals surface area contributed by atoms with Crippen molar-refractivity contribution in [2.75, 3.05) is 12.3 Å². The van der Waals surface area contributed by atoms with E-state index >= 15 is 0 Å². The lowest BCUT2D eigenvalue weighted by molar-refractivity contribution is -0.384. The third-order valence-corrected chi connectivity index (χ3v) is 3.06. The van der Waals surface area contributed by atoms with Crippen LogP contribution in [0.5, 0.6) is 0 Å². The van der Waals surface area contributed by atoms with Gasteiger partial charge in [-0.05, 0) is 25.5 Å². The van der Waals surface area contributed by atoms with E-state index < -0.39 is 10.9 Å². The summed E-state index contributed by atoms with van der Waals surface area (Å²) in [5.41, 5.74) is 5.88. The smallest absolute Gasteiger partial charge is 0.360 e. The van der Waals surface area contributed by atoms with Crippen LogP contribution in [-0.4, -0.2) is 27.3 Å². The highest BCUT2D eigenvalue weighted by molar-refractivity contribution is 5.92. The van der Waals surface area contributed by atoms with Crippen molar-refractivity contribution >= 4 is 17.5 Å². The number of nitrogens with two attached hydrogens (primary N) is 1. The van der Waals surface area contributed by atoms with Crippen molar-refractivity contribution in [3.05, 3.63) is 45.1 Å². The molecule has 23 heavy (non-hydrogen) atoms. The Bertz CT molecular complexity index is 834. The van der Waals surface area contributed by atoms with Crippen molar-refractivity contribution in [1.82, 2.24) is 9.78 Å². The second-order valence-electron chi connectivity index (χ2n) is 4.60. The molecule has 0 radical (unpaired) electrons. The molecule has 0 saturated heterocycles. The predicted octanol–water partition coefficient (Wildman–Crippen LogP) is 1.72. The average Bonchev–Trinajstić information content (AvgIpc) is 2.84. The number of aryl methyl sites for hydroxylation is 1. The van der Waals surface area contributed by atoms with Crippen LogP contribution in [0.25, 0.3) is 5.69 Å². The SMILES string of the molecule is CCOC(=O)c1nn(-c2ccc(C)cc2[N+](=O)[O-])c(N)c1C#N. The minimum atomic E-state index is -0.815. The fourth-order valence-electron chi connectivity index (χ4n) is 2.03. The minimum Gasteiger partial charge on any atom is -0.461 e. The number of hydrogen-bond donors (Lipinski definition) is 1. The van der Waals surface area contributed by atoms with Crippen LogP contribution in [0.4, 0.5) is 11.5 Å². The Balaban J connectivity index is 2.69. The van der Waals surface area contributed by atoms with Crippen molar-refractivity contribution < 1.29 is 14.5 Å². The third-order valence-electron chi connectivity index (χ3n) is 3.06. The fourth-order valence-corrected chi connectivity index (χ4v) is 2.03. The van der Waals surface area contributed by atoms with Crippen LogP contribution in [0.2, 0.25) is 0 Å². The van der Waals surface area contributed by atoms with E-state index in [2.05, 4.69) is 5.10 Å². The standard InChI is InChI=1S/C14H13N5O4/c1-3-23-14(20)12-9(7-15)13(16)18(17-12)10-5-4-8(2)6-11(10)19(21)22/h4-6H,3,16H2,1-2H3. The van der Waals surface area contributed by atoms with Crippen LogP contribution in [0.15, 0.2) is 18.2 Å². The van der Waals surface area contributed by atoms with Gasteiger partial charge in [0, 0.05) is 6.07 Å². The largest absolute Gasteiger partial charge is 0.461 e. The Kier molecular flexibility index (Phi) is 4.27. The maximum Gasteiger partial charge on any atom is 0.360 e. The Morgan fingerprint density at radius 2 is 2.26 bits per heavy atom. The first-order chi connectivity index (χ1) is 10.9. The molecule has 0 unspecified atom stereocenters. The average molecular weight is 315 g/mol. The Morgan fingerprint density at radius 1 is 1.57 bits per heavy atom. The van der Waals surface area contributed by atoms with Gasteiger partial charge in [0.2, 0.25) is 0 Å². The lowest BCUT2D eigenvalue weighted by atomic mass is 10.2. The fraction of sp³-hybridized carbons (Fsp3) is 0.214. The molecule has 0 amide bonds. The molecule has 9 heteroatoms. The number of nitriles is 1. The van der Waals surface area contributed by atoms with Crippen LogP contribution in [-0.2, 0) is 4.74 Å². The van der Waals surface area contributed by atoms with Crippen molar-refractivity contribution in [3.63, 3.8) is 0 Å². The Hall–Kier alpha value is -3.41. The summed E-state index contributed by atoms with van der Waals surface area (Å²) in [6, 6.07) is 6.22. The van der Waals surface area contributed by atoms with Crippen molar-refractivity contribution in [2.24, 2.45) is 0 Å². The normalized spacial score (nSPS) is 10.1. The summed E-state index contributed by atoms with van der Waals surface area (Å²) in [7, 11) is 0. The number of carbonyl (C=O) groups is 1. The van der Waals surface area contributed by atoms with E-state index in [0.29, 0.717) is 5.56 Å². The third kappa shape index (κ3) is 2.82. The molecule has 0 bridgehead atoms. The zero-order valence-corrected chi connectivity index (χ0v) is 12.4. The first kappa shape index (κ1) is 16.0. The van der Waals surface area contributed by atoms with Gasteiger partial charge in [-0.1, -0.05) is 6.07 Å². The summed E-state index contributed by atoms with van der Waals surface area (Å²) >= 11 is 0. The minimum absolute atomic E-state index is 0.0603. The number of hydrogen-bond acceptors (Lipinski definition) is 7. The van der Waals surface area contributed by atoms with Crippen molar-refractivity contribution in [2.45, 2.75) is 13.8 Å². The van der Waals surface area contributed by atoms with Gasteiger partial charge in [-0.3, -0.25) is 10.1 Å². The molecule has 0 aliphatic heterocycles. The van der Waals surface area contributed by atoms with Gasteiger partial charge in [0.25, 0.3) is 5.69 Å². The molecule has 1 heterocycles. The molecule has 9 nitrogen and oxygen atoms in total. The maximum absolute atomic E-state index is 11.9. The molecule has 2 aromatic rings. The highest BCUT2D eigenvalue weighted by Crippen LogP contribution is 2.28. The molecule has 0 saturated carbocycles. The van der Waals surface area contributed by atoms with E-state index in [0.717, 1.165) is 4.68 Å². The van der Waals surface area contributed by atoms with Gasteiger partial charge in [-0.15, -0.1) is 0 Å². The molecule has 1 aromatic carbocycles. The molecular weight excluding hydrogens is 302 g/mol. The quantitative estimate of drug-likeness (QED) is 0.515. The highest BCUT2D eigenvalue weighted by atomic mass is 16.6. The Labute approximate surface area is 131 Å². The van der Waals surface area contributed by atoms with E-state index in [-0.39, 0.29) is 35.1 Å². The van der Waals surface area contributed by atoms with Crippen molar-refractivity contribution in [1.29, 1.82) is 5.26 Å². The summed E-state index contributed by atoms with van der Waals surface area (Å²) in [4.78, 5) is 22.5. The number of nitrogen functional groups attached to an aromatic ring is 1. The number of aromatic nitrogens is 2. The zero-order valence-electron chi connectivity index (χ0n) is 12.4. The highest BCUT2D eigenvalue weighted by Gasteiger charge is 2.26. The molecular formula is C14H13N5O4. The zero-order chi connectivity index (χ0) is 17.1. The lowest BCUT2D eigenvalue weighted by Crippen LogP contribution is -2.08. The number of nitrogens with zero attached hydrogens (tertiary/aromatic N) is 4. The lowest BCUT2D eigenvalue weighted by Gasteiger charge is -2.05. The van der Waals surface area contributed by atoms with Gasteiger partial charge < -0.3 is 10.5 Å². The number of anilines is 1. The first-order valence-electron chi connectivity index (χ1n) is 6.61. The van der Waals surface area contributed by atoms with Gasteiger partial charge in [0.15, 0.2) is 5.69 Å². The number of rotatable bonds is 4. The number of carbonyl (C=O) groups excluding carboxylic acids is 1. The maximum atomic E-state index is 11.9. The summed E-state index contributed by atoms with van der Waals surface area (Å²) < 4.78 is 5.82. The molecule has 0 fully saturated rings. The van der Waals surface area contributed by atoms with Crippen LogP contribution < -0.4 is 5.73 Å². The molecule has 2 N–H and O–H groups in total. The van der Waals surface area contributed by atoms with Crippen LogP contribution in [0, 0.1) is 28.4 Å². The number of nitro benzene ring substituents is 1. The molecule has 2 rings (SSSR count). The van der Waals surface area contributed by atoms with E-state index in [4.69, 9.17) is 10.5 Å². The van der Waals surface area contributed by atoms with Crippen molar-refractivity contribution in [3.8, 4) is 11.8 Å². The molecule has 118 valence electrons. The molecule has 0 atom stereocenters. The predicted molar refractivity (Wildman–Crippen MR) is 80.0 cm³/mol. The van der Waals surface area contributed by atoms with Gasteiger partial charge in [0.1, 0.15) is 23.1 Å². The van der Waals surface area contributed by atoms with E-state index in [9.17, 15) is 20.2 Å². The molecule has 1 aromatic heterocycles. The Morgan fingerprint density at radius 3 is 2.83 bits per heavy atom. The second-order valence-corrected chi connectivity index (χ2v) is 4.60. The van der Waals surface area contributed by atoms with Gasteiger partial charge in [-0.2, -0.15) is 10.4 Å². The monoisotopic (exact) mass is 315 g/mol. The number of benzene rings is 1. The topological polar surface area (TPSA) is 137 Å². The summed E-state index contributed by atoms with van der Waals surface area (Å²) in [5, 5.41) is 24.3. The van der Waals surface area contributed by atoms with Crippen LogP contribution >= 0.6 is 0 Å². The van der Waals surface area contributed by atoms with Gasteiger partial charge in [-0.25, -0.2) is 9.48 Å². The number of nitro groups is 1. The van der Waals surface area contributed by atoms with Gasteiger partial charge >= 0.3 is 5.97 Å². The van der Waals surface area contributed by atoms with Gasteiger partial charge in [0.05, 0.1) is 11.5 Å². The summed E-state index contributed by atoms with van der Waals surface area (Å²) in [6.07, 6.45) is 0. The number of ether oxygens (including phenoxy) is 1. The van der Waals surface area contributed by atoms with E-state index in [1.54, 1.807) is 26.0 Å². The van der Waals surface area contributed by atoms with Crippen LogP contribution in [0.3, 0.4) is 0 Å². The van der Waals surface area contributed by atoms with Crippen LogP contribution in [0.1, 0.15) is 28.5 Å². The molecule has 0 spiro atoms. The summed E-state index contributed by atoms with van der Waals surface area (Å²) in [6.45, 7) is 3.41. The summed E-state index contributed by atoms with van der Waals surface area (Å²) in [5.74, 6) is -0.980. The number of esters is 1. The second kappa shape index (κ2) is 6.15. The van der Waals surface area contributed by atoms with E-state index in [1.807, 2.05) is 0 Å². The first-order valence-corrected chi connectivity index (χ1v) is 6.61.